The molecular weight excluding hydrogens is 456 g/mol. The standard InChI is InChI=1S/C22H28N8O3S/c31-22(17-10-14-28(15-11-17)21-9-8-20-24-26-27-30(20)25-21)23-16-18-6-2-3-7-19(18)34(32,33)29-12-4-1-5-13-29/h2-3,6-9,17H,1,4-5,10-16H2,(H,23,31). The number of fused-ring (bicyclic) bond motifs is 1. The summed E-state index contributed by atoms with van der Waals surface area (Å²) in [6, 6.07) is 10.7. The van der Waals surface area contributed by atoms with E-state index in [1.165, 1.54) is 4.63 Å². The minimum Gasteiger partial charge on any atom is -0.355 e. The molecule has 3 aromatic rings. The molecular formula is C22H28N8O3S. The van der Waals surface area contributed by atoms with Crippen LogP contribution in [-0.4, -0.2) is 70.1 Å². The first kappa shape index (κ1) is 22.7. The lowest BCUT2D eigenvalue weighted by Crippen LogP contribution is -2.41. The molecule has 5 rings (SSSR count). The van der Waals surface area contributed by atoms with Gasteiger partial charge in [0.25, 0.3) is 0 Å². The van der Waals surface area contributed by atoms with E-state index in [4.69, 9.17) is 0 Å². The normalized spacial score (nSPS) is 18.3. The Morgan fingerprint density at radius 2 is 1.76 bits per heavy atom. The monoisotopic (exact) mass is 484 g/mol. The summed E-state index contributed by atoms with van der Waals surface area (Å²) in [6.07, 6.45) is 4.21. The summed E-state index contributed by atoms with van der Waals surface area (Å²) < 4.78 is 29.3. The van der Waals surface area contributed by atoms with Crippen molar-refractivity contribution in [3.63, 3.8) is 0 Å². The Balaban J connectivity index is 1.19. The second-order valence-corrected chi connectivity index (χ2v) is 10.7. The lowest BCUT2D eigenvalue weighted by molar-refractivity contribution is -0.125. The van der Waals surface area contributed by atoms with Crippen LogP contribution in [0.4, 0.5) is 5.82 Å². The Morgan fingerprint density at radius 1 is 1.00 bits per heavy atom. The molecule has 11 nitrogen and oxygen atoms in total. The van der Waals surface area contributed by atoms with Gasteiger partial charge < -0.3 is 10.2 Å². The van der Waals surface area contributed by atoms with Gasteiger partial charge in [-0.05, 0) is 59.9 Å². The number of tetrazole rings is 1. The molecule has 180 valence electrons. The Labute approximate surface area is 198 Å². The second-order valence-electron chi connectivity index (χ2n) is 8.77. The van der Waals surface area contributed by atoms with Crippen LogP contribution in [0.5, 0.6) is 0 Å². The minimum atomic E-state index is -3.56. The van der Waals surface area contributed by atoms with Crippen molar-refractivity contribution < 1.29 is 13.2 Å². The van der Waals surface area contributed by atoms with Gasteiger partial charge in [-0.3, -0.25) is 4.79 Å². The van der Waals surface area contributed by atoms with Crippen LogP contribution in [0.2, 0.25) is 0 Å². The van der Waals surface area contributed by atoms with Crippen molar-refractivity contribution in [2.45, 2.75) is 43.5 Å². The van der Waals surface area contributed by atoms with Gasteiger partial charge in [-0.15, -0.1) is 14.8 Å². The predicted molar refractivity (Wildman–Crippen MR) is 124 cm³/mol. The van der Waals surface area contributed by atoms with Crippen LogP contribution in [0.25, 0.3) is 5.65 Å². The number of sulfonamides is 1. The SMILES string of the molecule is O=C(NCc1ccccc1S(=O)(=O)N1CCCCC1)C1CCN(c2ccc3nnnn3n2)CC1. The van der Waals surface area contributed by atoms with Crippen molar-refractivity contribution in [2.24, 2.45) is 5.92 Å². The van der Waals surface area contributed by atoms with E-state index in [9.17, 15) is 13.2 Å². The van der Waals surface area contributed by atoms with E-state index in [1.54, 1.807) is 22.5 Å². The number of piperidine rings is 2. The van der Waals surface area contributed by atoms with Crippen LogP contribution in [0.15, 0.2) is 41.3 Å². The zero-order valence-corrected chi connectivity index (χ0v) is 19.7. The summed E-state index contributed by atoms with van der Waals surface area (Å²) in [5.41, 5.74) is 1.21. The Hall–Kier alpha value is -3.12. The van der Waals surface area contributed by atoms with E-state index in [-0.39, 0.29) is 23.3 Å². The van der Waals surface area contributed by atoms with Crippen LogP contribution < -0.4 is 10.2 Å². The van der Waals surface area contributed by atoms with Crippen LogP contribution in [0.3, 0.4) is 0 Å². The molecule has 0 atom stereocenters. The maximum Gasteiger partial charge on any atom is 0.243 e. The highest BCUT2D eigenvalue weighted by atomic mass is 32.2. The van der Waals surface area contributed by atoms with Crippen LogP contribution in [0, 0.1) is 5.92 Å². The van der Waals surface area contributed by atoms with Crippen molar-refractivity contribution in [3.05, 3.63) is 42.0 Å². The van der Waals surface area contributed by atoms with Crippen LogP contribution in [-0.2, 0) is 21.4 Å². The number of benzene rings is 1. The summed E-state index contributed by atoms with van der Waals surface area (Å²) in [5.74, 6) is 0.600. The fourth-order valence-corrected chi connectivity index (χ4v) is 6.39. The van der Waals surface area contributed by atoms with Crippen molar-refractivity contribution in [3.8, 4) is 0 Å². The third-order valence-electron chi connectivity index (χ3n) is 6.60. The summed E-state index contributed by atoms with van der Waals surface area (Å²) >= 11 is 0. The summed E-state index contributed by atoms with van der Waals surface area (Å²) in [6.45, 7) is 2.69. The summed E-state index contributed by atoms with van der Waals surface area (Å²) in [5, 5.41) is 18.7. The lowest BCUT2D eigenvalue weighted by atomic mass is 9.96. The lowest BCUT2D eigenvalue weighted by Gasteiger charge is -2.32. The molecule has 34 heavy (non-hydrogen) atoms. The molecule has 0 saturated carbocycles. The van der Waals surface area contributed by atoms with Crippen molar-refractivity contribution in [2.75, 3.05) is 31.1 Å². The molecule has 0 bridgehead atoms. The van der Waals surface area contributed by atoms with Gasteiger partial charge in [0, 0.05) is 38.6 Å². The molecule has 0 unspecified atom stereocenters. The molecule has 1 N–H and O–H groups in total. The van der Waals surface area contributed by atoms with Gasteiger partial charge in [0.2, 0.25) is 15.9 Å². The van der Waals surface area contributed by atoms with Gasteiger partial charge in [-0.2, -0.15) is 4.31 Å². The third kappa shape index (κ3) is 4.60. The van der Waals surface area contributed by atoms with Crippen LogP contribution >= 0.6 is 0 Å². The van der Waals surface area contributed by atoms with Gasteiger partial charge in [0.1, 0.15) is 0 Å². The molecule has 0 radical (unpaired) electrons. The zero-order chi connectivity index (χ0) is 23.5. The number of rotatable bonds is 6. The molecule has 4 heterocycles. The molecule has 2 fully saturated rings. The molecule has 1 aromatic carbocycles. The second kappa shape index (κ2) is 9.63. The van der Waals surface area contributed by atoms with Crippen molar-refractivity contribution in [1.29, 1.82) is 0 Å². The first-order valence-corrected chi connectivity index (χ1v) is 13.1. The van der Waals surface area contributed by atoms with Gasteiger partial charge in [0.15, 0.2) is 11.5 Å². The number of anilines is 1. The van der Waals surface area contributed by atoms with E-state index in [0.29, 0.717) is 50.2 Å². The van der Waals surface area contributed by atoms with Gasteiger partial charge >= 0.3 is 0 Å². The molecule has 2 aromatic heterocycles. The van der Waals surface area contributed by atoms with E-state index in [2.05, 4.69) is 30.8 Å². The fraction of sp³-hybridized carbons (Fsp3) is 0.500. The van der Waals surface area contributed by atoms with Crippen molar-refractivity contribution in [1.82, 2.24) is 34.9 Å². The molecule has 2 saturated heterocycles. The van der Waals surface area contributed by atoms with Crippen LogP contribution in [0.1, 0.15) is 37.7 Å². The highest BCUT2D eigenvalue weighted by Gasteiger charge is 2.29. The number of hydrogen-bond donors (Lipinski definition) is 1. The van der Waals surface area contributed by atoms with Crippen molar-refractivity contribution >= 4 is 27.4 Å². The molecule has 0 aliphatic carbocycles. The number of nitrogens with one attached hydrogen (secondary N) is 1. The fourth-order valence-electron chi connectivity index (χ4n) is 4.65. The first-order valence-electron chi connectivity index (χ1n) is 11.7. The number of carbonyl (C=O) groups is 1. The van der Waals surface area contributed by atoms with E-state index < -0.39 is 10.0 Å². The van der Waals surface area contributed by atoms with Gasteiger partial charge in [-0.1, -0.05) is 24.6 Å². The number of amides is 1. The number of hydrogen-bond acceptors (Lipinski definition) is 8. The quantitative estimate of drug-likeness (QED) is 0.554. The maximum absolute atomic E-state index is 13.2. The predicted octanol–water partition coefficient (Wildman–Crippen LogP) is 1.23. The van der Waals surface area contributed by atoms with E-state index in [0.717, 1.165) is 25.1 Å². The topological polar surface area (TPSA) is 126 Å². The minimum absolute atomic E-state index is 0.0475. The molecule has 1 amide bonds. The third-order valence-corrected chi connectivity index (χ3v) is 8.60. The Bertz CT molecular complexity index is 1260. The number of nitrogens with zero attached hydrogens (tertiary/aromatic N) is 7. The number of aromatic nitrogens is 5. The Kier molecular flexibility index (Phi) is 6.42. The zero-order valence-electron chi connectivity index (χ0n) is 18.9. The maximum atomic E-state index is 13.2. The molecule has 2 aliphatic heterocycles. The summed E-state index contributed by atoms with van der Waals surface area (Å²) in [7, 11) is -3.56. The first-order chi connectivity index (χ1) is 16.5. The highest BCUT2D eigenvalue weighted by Crippen LogP contribution is 2.25. The largest absolute Gasteiger partial charge is 0.355 e. The van der Waals surface area contributed by atoms with E-state index >= 15 is 0 Å². The molecule has 0 spiro atoms. The smallest absolute Gasteiger partial charge is 0.243 e. The molecule has 12 heteroatoms. The van der Waals surface area contributed by atoms with Gasteiger partial charge in [-0.25, -0.2) is 8.42 Å². The Morgan fingerprint density at radius 3 is 2.56 bits per heavy atom. The summed E-state index contributed by atoms with van der Waals surface area (Å²) in [4.78, 5) is 15.3. The highest BCUT2D eigenvalue weighted by molar-refractivity contribution is 7.89. The average molecular weight is 485 g/mol. The average Bonchev–Trinajstić information content (AvgIpc) is 3.36. The number of carbonyl (C=O) groups excluding carboxylic acids is 1. The van der Waals surface area contributed by atoms with E-state index in [1.807, 2.05) is 18.2 Å². The van der Waals surface area contributed by atoms with Gasteiger partial charge in [0.05, 0.1) is 4.90 Å². The molecule has 2 aliphatic rings.